The highest BCUT2D eigenvalue weighted by atomic mass is 19.1. The Hall–Kier alpha value is -3.85. The first-order valence-electron chi connectivity index (χ1n) is 12.3. The minimum Gasteiger partial charge on any atom is -0.496 e. The molecule has 0 spiro atoms. The van der Waals surface area contributed by atoms with E-state index in [2.05, 4.69) is 10.3 Å². The van der Waals surface area contributed by atoms with Crippen LogP contribution in [0.1, 0.15) is 40.5 Å². The number of pyridine rings is 1. The summed E-state index contributed by atoms with van der Waals surface area (Å²) in [6.45, 7) is 2.87. The van der Waals surface area contributed by atoms with Crippen LogP contribution in [0.2, 0.25) is 0 Å². The summed E-state index contributed by atoms with van der Waals surface area (Å²) in [5, 5.41) is 3.55. The number of methoxy groups -OCH3 is 1. The topological polar surface area (TPSA) is 95.1 Å². The fourth-order valence-corrected chi connectivity index (χ4v) is 6.10. The highest BCUT2D eigenvalue weighted by Crippen LogP contribution is 2.48. The molecule has 1 amide bonds. The number of halogens is 2. The summed E-state index contributed by atoms with van der Waals surface area (Å²) in [5.41, 5.74) is 8.70. The van der Waals surface area contributed by atoms with E-state index in [1.54, 1.807) is 0 Å². The number of fused-ring (bicyclic) bond motifs is 3. The highest BCUT2D eigenvalue weighted by Gasteiger charge is 2.42. The summed E-state index contributed by atoms with van der Waals surface area (Å²) in [6.07, 6.45) is 2.03. The van der Waals surface area contributed by atoms with E-state index in [0.717, 1.165) is 47.4 Å². The first-order valence-corrected chi connectivity index (χ1v) is 12.3. The molecule has 1 aliphatic heterocycles. The van der Waals surface area contributed by atoms with Crippen LogP contribution in [-0.4, -0.2) is 40.1 Å². The second-order valence-electron chi connectivity index (χ2n) is 9.95. The number of carbonyl (C=O) groups is 1. The minimum atomic E-state index is -0.986. The first-order chi connectivity index (χ1) is 17.8. The molecule has 2 bridgehead atoms. The standard InChI is InChI=1S/C28H27F2N5O2/c1-13-33-26-21(35(13)2)8-7-16(23(26)17-10-15-9-14(17)12-32-15)20-11-18(28(31)36)25(30)27(34-20)24-19(29)5-4-6-22(24)37-3/h4-8,11,14-15,17,32H,9-10,12H2,1-3H3,(H2,31,36)/t14-,15-,17?/m1/s1. The van der Waals surface area contributed by atoms with E-state index < -0.39 is 17.5 Å². The van der Waals surface area contributed by atoms with Crippen molar-refractivity contribution < 1.29 is 18.3 Å². The van der Waals surface area contributed by atoms with Crippen LogP contribution in [0.15, 0.2) is 36.4 Å². The molecule has 3 heterocycles. The zero-order chi connectivity index (χ0) is 26.0. The molecule has 3 atom stereocenters. The number of nitrogens with two attached hydrogens (primary N) is 1. The van der Waals surface area contributed by atoms with Gasteiger partial charge in [0.2, 0.25) is 0 Å². The highest BCUT2D eigenvalue weighted by molar-refractivity contribution is 5.97. The second kappa shape index (κ2) is 8.62. The maximum atomic E-state index is 15.6. The summed E-state index contributed by atoms with van der Waals surface area (Å²) in [6, 6.07) is 9.87. The Bertz CT molecular complexity index is 1580. The molecule has 190 valence electrons. The van der Waals surface area contributed by atoms with E-state index in [1.807, 2.05) is 30.7 Å². The van der Waals surface area contributed by atoms with E-state index in [-0.39, 0.29) is 28.5 Å². The predicted octanol–water partition coefficient (Wildman–Crippen LogP) is 4.46. The molecule has 3 N–H and O–H groups in total. The Balaban J connectivity index is 1.65. The van der Waals surface area contributed by atoms with Crippen molar-refractivity contribution in [2.45, 2.75) is 31.7 Å². The van der Waals surface area contributed by atoms with Crippen LogP contribution in [0.25, 0.3) is 33.5 Å². The maximum absolute atomic E-state index is 15.6. The molecule has 2 fully saturated rings. The van der Waals surface area contributed by atoms with Gasteiger partial charge < -0.3 is 20.4 Å². The van der Waals surface area contributed by atoms with Crippen LogP contribution in [0.5, 0.6) is 5.75 Å². The van der Waals surface area contributed by atoms with Crippen LogP contribution < -0.4 is 15.8 Å². The molecule has 0 radical (unpaired) electrons. The number of nitrogens with zero attached hydrogens (tertiary/aromatic N) is 3. The number of primary amides is 1. The first kappa shape index (κ1) is 23.5. The Kier molecular flexibility index (Phi) is 5.49. The Labute approximate surface area is 212 Å². The lowest BCUT2D eigenvalue weighted by Gasteiger charge is -2.26. The summed E-state index contributed by atoms with van der Waals surface area (Å²) in [4.78, 5) is 21.8. The molecule has 1 saturated heterocycles. The Morgan fingerprint density at radius 2 is 2.00 bits per heavy atom. The molecule has 7 nitrogen and oxygen atoms in total. The second-order valence-corrected chi connectivity index (χ2v) is 9.95. The fourth-order valence-electron chi connectivity index (χ4n) is 6.10. The zero-order valence-corrected chi connectivity index (χ0v) is 20.8. The smallest absolute Gasteiger partial charge is 0.251 e. The number of carbonyl (C=O) groups excluding carboxylic acids is 1. The predicted molar refractivity (Wildman–Crippen MR) is 136 cm³/mol. The van der Waals surface area contributed by atoms with Crippen molar-refractivity contribution in [2.75, 3.05) is 13.7 Å². The van der Waals surface area contributed by atoms with Crippen LogP contribution in [0.4, 0.5) is 8.78 Å². The third-order valence-corrected chi connectivity index (χ3v) is 7.98. The molecule has 2 aromatic heterocycles. The van der Waals surface area contributed by atoms with Gasteiger partial charge in [0.1, 0.15) is 23.1 Å². The number of nitrogens with one attached hydrogen (secondary N) is 1. The molecule has 4 aromatic rings. The van der Waals surface area contributed by atoms with E-state index in [9.17, 15) is 4.79 Å². The van der Waals surface area contributed by atoms with Gasteiger partial charge in [-0.25, -0.2) is 18.7 Å². The molecule has 37 heavy (non-hydrogen) atoms. The molecule has 2 aromatic carbocycles. The Morgan fingerprint density at radius 3 is 2.68 bits per heavy atom. The number of piperidine rings is 1. The number of ether oxygens (including phenoxy) is 1. The third kappa shape index (κ3) is 3.60. The molecule has 2 aliphatic rings. The van der Waals surface area contributed by atoms with Gasteiger partial charge >= 0.3 is 0 Å². The average Bonchev–Trinajstić information content (AvgIpc) is 3.59. The molecule has 6 rings (SSSR count). The van der Waals surface area contributed by atoms with Gasteiger partial charge in [0.25, 0.3) is 5.91 Å². The van der Waals surface area contributed by atoms with Crippen molar-refractivity contribution in [3.63, 3.8) is 0 Å². The number of rotatable bonds is 5. The SMILES string of the molecule is COc1cccc(F)c1-c1nc(-c2ccc3c(nc(C)n3C)c2C2C[C@H]3C[C@@H]2CN3)cc(C(N)=O)c1F. The van der Waals surface area contributed by atoms with Crippen molar-refractivity contribution in [2.24, 2.45) is 18.7 Å². The molecular formula is C28H27F2N5O2. The summed E-state index contributed by atoms with van der Waals surface area (Å²) in [5.74, 6) is -1.04. The van der Waals surface area contributed by atoms with Gasteiger partial charge in [-0.15, -0.1) is 0 Å². The van der Waals surface area contributed by atoms with Crippen molar-refractivity contribution in [3.05, 3.63) is 65.0 Å². The lowest BCUT2D eigenvalue weighted by atomic mass is 9.83. The van der Waals surface area contributed by atoms with Crippen molar-refractivity contribution in [3.8, 4) is 28.3 Å². The average molecular weight is 504 g/mol. The minimum absolute atomic E-state index is 0.106. The monoisotopic (exact) mass is 503 g/mol. The number of aromatic nitrogens is 3. The molecule has 1 aliphatic carbocycles. The molecular weight excluding hydrogens is 476 g/mol. The van der Waals surface area contributed by atoms with E-state index in [4.69, 9.17) is 15.5 Å². The van der Waals surface area contributed by atoms with Crippen molar-refractivity contribution >= 4 is 16.9 Å². The van der Waals surface area contributed by atoms with Gasteiger partial charge in [-0.2, -0.15) is 0 Å². The molecule has 1 unspecified atom stereocenters. The number of aryl methyl sites for hydroxylation is 2. The maximum Gasteiger partial charge on any atom is 0.251 e. The number of hydrogen-bond donors (Lipinski definition) is 2. The van der Waals surface area contributed by atoms with Crippen molar-refractivity contribution in [1.82, 2.24) is 19.9 Å². The van der Waals surface area contributed by atoms with Gasteiger partial charge in [0, 0.05) is 18.7 Å². The quantitative estimate of drug-likeness (QED) is 0.419. The van der Waals surface area contributed by atoms with Gasteiger partial charge in [0.15, 0.2) is 5.82 Å². The zero-order valence-electron chi connectivity index (χ0n) is 20.8. The van der Waals surface area contributed by atoms with Gasteiger partial charge in [-0.1, -0.05) is 12.1 Å². The number of benzene rings is 2. The van der Waals surface area contributed by atoms with Crippen LogP contribution in [0, 0.1) is 24.5 Å². The summed E-state index contributed by atoms with van der Waals surface area (Å²) in [7, 11) is 3.34. The van der Waals surface area contributed by atoms with Crippen LogP contribution in [0.3, 0.4) is 0 Å². The van der Waals surface area contributed by atoms with Crippen LogP contribution >= 0.6 is 0 Å². The van der Waals surface area contributed by atoms with Gasteiger partial charge in [-0.3, -0.25) is 4.79 Å². The van der Waals surface area contributed by atoms with E-state index in [0.29, 0.717) is 17.7 Å². The lowest BCUT2D eigenvalue weighted by molar-refractivity contribution is 0.0996. The third-order valence-electron chi connectivity index (χ3n) is 7.98. The number of hydrogen-bond acceptors (Lipinski definition) is 5. The summed E-state index contributed by atoms with van der Waals surface area (Å²) >= 11 is 0. The number of imidazole rings is 1. The van der Waals surface area contributed by atoms with E-state index >= 15 is 8.78 Å². The Morgan fingerprint density at radius 1 is 1.19 bits per heavy atom. The van der Waals surface area contributed by atoms with Gasteiger partial charge in [-0.05, 0) is 68.0 Å². The van der Waals surface area contributed by atoms with Crippen LogP contribution in [-0.2, 0) is 7.05 Å². The molecule has 9 heteroatoms. The normalized spacial score (nSPS) is 20.6. The largest absolute Gasteiger partial charge is 0.496 e. The van der Waals surface area contributed by atoms with Crippen molar-refractivity contribution in [1.29, 1.82) is 0 Å². The lowest BCUT2D eigenvalue weighted by Crippen LogP contribution is -2.29. The summed E-state index contributed by atoms with van der Waals surface area (Å²) < 4.78 is 38.0. The fraction of sp³-hybridized carbons (Fsp3) is 0.321. The molecule has 1 saturated carbocycles. The van der Waals surface area contributed by atoms with E-state index in [1.165, 1.54) is 31.4 Å². The van der Waals surface area contributed by atoms with Gasteiger partial charge in [0.05, 0.1) is 35.0 Å². The number of amides is 1.